The maximum absolute atomic E-state index is 14.2. The Bertz CT molecular complexity index is 3500. The molecule has 1 saturated carbocycles. The first kappa shape index (κ1) is 62.5. The smallest absolute Gasteiger partial charge is 0.410 e. The first-order valence-electron chi connectivity index (χ1n) is 27.6. The van der Waals surface area contributed by atoms with Gasteiger partial charge < -0.3 is 19.4 Å². The molecule has 0 spiro atoms. The van der Waals surface area contributed by atoms with Crippen LogP contribution in [0.25, 0.3) is 44.6 Å². The Morgan fingerprint density at radius 1 is 0.675 bits per heavy atom. The summed E-state index contributed by atoms with van der Waals surface area (Å²) in [7, 11) is 33.5. The van der Waals surface area contributed by atoms with Crippen LogP contribution in [0.4, 0.5) is 25.2 Å². The van der Waals surface area contributed by atoms with Crippen LogP contribution in [0.1, 0.15) is 94.3 Å². The number of nitrogens with zero attached hydrogens (tertiary/aromatic N) is 11. The molecular formula is C56H58B11ClF2N11O2. The normalized spacial score (nSPS) is 14.1. The highest BCUT2D eigenvalue weighted by Gasteiger charge is 2.31. The molecule has 8 heterocycles. The Hall–Kier alpha value is -6.55. The molecule has 2 aliphatic heterocycles. The molecule has 13 radical (unpaired) electrons. The van der Waals surface area contributed by atoms with Gasteiger partial charge in [0.15, 0.2) is 11.6 Å². The maximum Gasteiger partial charge on any atom is 0.410 e. The summed E-state index contributed by atoms with van der Waals surface area (Å²) in [4.78, 5) is 56.1. The summed E-state index contributed by atoms with van der Waals surface area (Å²) >= 11 is 6.56. The molecule has 0 unspecified atom stereocenters. The van der Waals surface area contributed by atoms with Crippen molar-refractivity contribution >= 4 is 130 Å². The topological polar surface area (TPSA) is 139 Å². The van der Waals surface area contributed by atoms with Gasteiger partial charge in [0.05, 0.1) is 33.8 Å². The Kier molecular flexibility index (Phi) is 21.4. The molecule has 13 nitrogen and oxygen atoms in total. The molecule has 3 aliphatic rings. The van der Waals surface area contributed by atoms with Gasteiger partial charge in [-0.05, 0) is 112 Å². The summed E-state index contributed by atoms with van der Waals surface area (Å²) in [6.07, 6.45) is 14.9. The SMILES string of the molecule is C.CC(C)(C)OC(=O)N1CCN(c2nc(-c3ccnc(Cc4ccccc4F)c3)nc3cncc(Cl)c23)CC1.Fc1ccccc1Cc1cc(-c2nc(N3CCCCC3)c3c(C4CC4)cncc3n2)ccn1.[B][B]B([B])B(B([B])[B])B([B])[B]. The number of rotatable bonds is 13. The standard InChI is InChI=1S/C28H28ClFN6O2.C27H26FN5.CH4.B11/c1-28(2,3)38-27(37)36-12-10-35(11-13-36)26-24-21(29)16-31-17-23(24)33-25(34-26)19-8-9-32-20(15-19)14-18-6-4-5-7-22(18)30;28-23-7-3-2-6-19(23)14-21-15-20(10-11-30-21)26-31-24-17-29-16-22(18-8-9-18)25(24)27(32-26)33-12-4-1-5-13-33;;1-7-10(6)11(8(2)3)9(4)5/h4-9,15-17H,10-14H2,1-3H3;2-3,6-7,10-11,15-18H,1,4-5,8-9,12-14H2;1H4;. The van der Waals surface area contributed by atoms with Gasteiger partial charge in [0.2, 0.25) is 0 Å². The number of halogens is 3. The number of piperazine rings is 1. The lowest BCUT2D eigenvalue weighted by molar-refractivity contribution is 0.0240. The van der Waals surface area contributed by atoms with E-state index >= 15 is 0 Å². The van der Waals surface area contributed by atoms with Crippen LogP contribution in [0.15, 0.2) is 110 Å². The highest BCUT2D eigenvalue weighted by atomic mass is 35.5. The third kappa shape index (κ3) is 16.0. The number of hydrogen-bond acceptors (Lipinski definition) is 12. The van der Waals surface area contributed by atoms with Gasteiger partial charge in [-0.1, -0.05) is 55.4 Å². The van der Waals surface area contributed by atoms with Gasteiger partial charge in [0, 0.05) is 184 Å². The monoisotopic (exact) mass is 1110 g/mol. The van der Waals surface area contributed by atoms with Crippen molar-refractivity contribution in [2.24, 2.45) is 0 Å². The Labute approximate surface area is 501 Å². The average molecular weight is 1110 g/mol. The van der Waals surface area contributed by atoms with Crippen molar-refractivity contribution in [2.45, 2.75) is 84.7 Å². The average Bonchev–Trinajstić information content (AvgIpc) is 4.51. The fourth-order valence-electron chi connectivity index (χ4n) is 10.1. The number of fused-ring (bicyclic) bond motifs is 2. The molecule has 8 aromatic rings. The van der Waals surface area contributed by atoms with Crippen LogP contribution >= 0.6 is 11.6 Å². The summed E-state index contributed by atoms with van der Waals surface area (Å²) < 4.78 is 33.9. The second-order valence-corrected chi connectivity index (χ2v) is 22.2. The number of benzene rings is 2. The highest BCUT2D eigenvalue weighted by molar-refractivity contribution is 8.02. The summed E-state index contributed by atoms with van der Waals surface area (Å²) in [5.74, 6) is 2.97. The molecule has 2 aromatic carbocycles. The van der Waals surface area contributed by atoms with Crippen LogP contribution in [0.5, 0.6) is 0 Å². The van der Waals surface area contributed by atoms with Crippen molar-refractivity contribution in [1.82, 2.24) is 44.8 Å². The van der Waals surface area contributed by atoms with Crippen LogP contribution in [0.3, 0.4) is 0 Å². The van der Waals surface area contributed by atoms with E-state index < -0.39 is 24.8 Å². The maximum atomic E-state index is 14.2. The number of carbonyl (C=O) groups is 1. The largest absolute Gasteiger partial charge is 0.444 e. The zero-order valence-electron chi connectivity index (χ0n) is 46.4. The zero-order valence-corrected chi connectivity index (χ0v) is 47.1. The molecule has 3 fully saturated rings. The van der Waals surface area contributed by atoms with Crippen molar-refractivity contribution in [1.29, 1.82) is 0 Å². The number of piperidine rings is 1. The molecular weight excluding hydrogens is 1050 g/mol. The number of pyridine rings is 4. The minimum absolute atomic E-state index is 0. The third-order valence-electron chi connectivity index (χ3n) is 14.4. The lowest BCUT2D eigenvalue weighted by Gasteiger charge is -2.36. The van der Waals surface area contributed by atoms with Gasteiger partial charge in [0.25, 0.3) is 0 Å². The Morgan fingerprint density at radius 3 is 1.65 bits per heavy atom. The van der Waals surface area contributed by atoms with Crippen LogP contribution in [-0.4, -0.2) is 175 Å². The molecule has 1 amide bonds. The third-order valence-corrected chi connectivity index (χ3v) is 14.7. The number of anilines is 2. The van der Waals surface area contributed by atoms with Crippen molar-refractivity contribution in [3.63, 3.8) is 0 Å². The van der Waals surface area contributed by atoms with E-state index in [0.29, 0.717) is 95.2 Å². The Morgan fingerprint density at radius 2 is 1.17 bits per heavy atom. The highest BCUT2D eigenvalue weighted by Crippen LogP contribution is 2.45. The van der Waals surface area contributed by atoms with E-state index in [0.717, 1.165) is 41.2 Å². The minimum atomic E-state index is -0.648. The van der Waals surface area contributed by atoms with Gasteiger partial charge in [-0.25, -0.2) is 33.5 Å². The predicted molar refractivity (Wildman–Crippen MR) is 343 cm³/mol. The van der Waals surface area contributed by atoms with Crippen molar-refractivity contribution < 1.29 is 18.3 Å². The number of carbonyl (C=O) groups excluding carboxylic acids is 1. The van der Waals surface area contributed by atoms with E-state index in [1.165, 1.54) is 62.2 Å². The van der Waals surface area contributed by atoms with Gasteiger partial charge in [0.1, 0.15) is 28.9 Å². The molecule has 11 rings (SSSR count). The summed E-state index contributed by atoms with van der Waals surface area (Å²) in [5, 5.41) is 2.32. The molecule has 403 valence electrons. The minimum Gasteiger partial charge on any atom is -0.444 e. The fourth-order valence-corrected chi connectivity index (χ4v) is 10.3. The number of amides is 1. The first-order valence-corrected chi connectivity index (χ1v) is 28.0. The molecule has 2 saturated heterocycles. The lowest BCUT2D eigenvalue weighted by atomic mass is 8.56. The summed E-state index contributed by atoms with van der Waals surface area (Å²) in [5.41, 5.74) is 6.59. The molecule has 0 N–H and O–H groups in total. The van der Waals surface area contributed by atoms with Crippen molar-refractivity contribution in [3.8, 4) is 22.8 Å². The zero-order chi connectivity index (χ0) is 58.1. The number of hydrogen-bond donors (Lipinski definition) is 0. The molecule has 0 bridgehead atoms. The van der Waals surface area contributed by atoms with Crippen molar-refractivity contribution in [3.05, 3.63) is 155 Å². The fraction of sp³-hybridized carbons (Fsp3) is 0.339. The van der Waals surface area contributed by atoms with E-state index in [1.807, 2.05) is 63.5 Å². The molecule has 1 aliphatic carbocycles. The summed E-state index contributed by atoms with van der Waals surface area (Å²) in [6.45, 7) is 9.68. The molecule has 0 atom stereocenters. The van der Waals surface area contributed by atoms with E-state index in [9.17, 15) is 13.6 Å². The molecule has 6 aromatic heterocycles. The van der Waals surface area contributed by atoms with E-state index in [2.05, 4.69) is 29.7 Å². The second kappa shape index (κ2) is 28.4. The Balaban J connectivity index is 0.000000183. The quantitative estimate of drug-likeness (QED) is 0.105. The second-order valence-electron chi connectivity index (χ2n) is 21.8. The summed E-state index contributed by atoms with van der Waals surface area (Å²) in [6, 6.07) is 21.1. The van der Waals surface area contributed by atoms with Crippen LogP contribution < -0.4 is 9.80 Å². The van der Waals surface area contributed by atoms with Crippen LogP contribution in [0, 0.1) is 11.6 Å². The van der Waals surface area contributed by atoms with Gasteiger partial charge >= 0.3 is 6.09 Å². The lowest BCUT2D eigenvalue weighted by Crippen LogP contribution is -2.63. The number of ether oxygens (including phenoxy) is 1. The number of aromatic nitrogens is 8. The van der Waals surface area contributed by atoms with Gasteiger partial charge in [-0.2, -0.15) is 0 Å². The molecule has 83 heavy (non-hydrogen) atoms. The van der Waals surface area contributed by atoms with Gasteiger partial charge in [-0.3, -0.25) is 19.9 Å². The van der Waals surface area contributed by atoms with E-state index in [-0.39, 0.29) is 31.5 Å². The van der Waals surface area contributed by atoms with E-state index in [4.69, 9.17) is 82.7 Å². The first-order chi connectivity index (χ1) is 39.4. The van der Waals surface area contributed by atoms with Gasteiger partial charge in [-0.15, -0.1) is 0 Å². The van der Waals surface area contributed by atoms with Crippen LogP contribution in [-0.2, 0) is 17.6 Å². The molecule has 27 heteroatoms. The van der Waals surface area contributed by atoms with Crippen LogP contribution in [0.2, 0.25) is 5.02 Å². The van der Waals surface area contributed by atoms with E-state index in [1.54, 1.807) is 60.0 Å². The predicted octanol–water partition coefficient (Wildman–Crippen LogP) is 7.66. The van der Waals surface area contributed by atoms with Crippen molar-refractivity contribution in [2.75, 3.05) is 49.1 Å².